The molecule has 4 saturated carbocycles. The Kier molecular flexibility index (Phi) is 5.27. The van der Waals surface area contributed by atoms with Crippen molar-refractivity contribution in [2.45, 2.75) is 113 Å². The first-order valence-electron chi connectivity index (χ1n) is 14.1. The summed E-state index contributed by atoms with van der Waals surface area (Å²) in [6.07, 6.45) is 8.71. The maximum atomic E-state index is 13.0. The van der Waals surface area contributed by atoms with Crippen molar-refractivity contribution in [3.63, 3.8) is 0 Å². The van der Waals surface area contributed by atoms with Crippen LogP contribution < -0.4 is 0 Å². The highest BCUT2D eigenvalue weighted by Crippen LogP contribution is 2.76. The Morgan fingerprint density at radius 2 is 1.60 bits per heavy atom. The molecule has 0 radical (unpaired) electrons. The third-order valence-corrected chi connectivity index (χ3v) is 13.6. The third kappa shape index (κ3) is 2.90. The normalized spacial score (nSPS) is 55.1. The molecule has 0 aromatic heterocycles. The minimum absolute atomic E-state index is 0.0316. The molecule has 4 heteroatoms. The predicted octanol–water partition coefficient (Wildman–Crippen LogP) is 6.66. The van der Waals surface area contributed by atoms with E-state index in [1.54, 1.807) is 0 Å². The van der Waals surface area contributed by atoms with Gasteiger partial charge in [-0.3, -0.25) is 9.59 Å². The van der Waals surface area contributed by atoms with Crippen molar-refractivity contribution < 1.29 is 19.8 Å². The second kappa shape index (κ2) is 7.23. The number of carbonyl (C=O) groups is 2. The van der Waals surface area contributed by atoms with E-state index < -0.39 is 17.5 Å². The van der Waals surface area contributed by atoms with E-state index in [-0.39, 0.29) is 33.0 Å². The van der Waals surface area contributed by atoms with Gasteiger partial charge in [0.05, 0.1) is 11.5 Å². The number of carbonyl (C=O) groups excluding carboxylic acids is 1. The minimum atomic E-state index is -0.888. The van der Waals surface area contributed by atoms with E-state index in [9.17, 15) is 19.8 Å². The lowest BCUT2D eigenvalue weighted by atomic mass is 9.32. The summed E-state index contributed by atoms with van der Waals surface area (Å²) in [6.45, 7) is 18.3. The molecule has 0 spiro atoms. The second-order valence-corrected chi connectivity index (χ2v) is 15.3. The average molecular weight is 485 g/mol. The summed E-state index contributed by atoms with van der Waals surface area (Å²) in [7, 11) is 0. The van der Waals surface area contributed by atoms with E-state index in [0.29, 0.717) is 42.8 Å². The Balaban J connectivity index is 1.63. The Morgan fingerprint density at radius 1 is 0.943 bits per heavy atom. The Labute approximate surface area is 212 Å². The van der Waals surface area contributed by atoms with Crippen LogP contribution in [0.15, 0.2) is 11.6 Å². The van der Waals surface area contributed by atoms with Gasteiger partial charge in [0, 0.05) is 17.3 Å². The van der Waals surface area contributed by atoms with Crippen LogP contribution in [0.4, 0.5) is 0 Å². The van der Waals surface area contributed by atoms with Gasteiger partial charge in [-0.2, -0.15) is 0 Å². The quantitative estimate of drug-likeness (QED) is 0.408. The van der Waals surface area contributed by atoms with Crippen LogP contribution in [0.3, 0.4) is 0 Å². The van der Waals surface area contributed by atoms with Crippen molar-refractivity contribution in [3.05, 3.63) is 11.6 Å². The van der Waals surface area contributed by atoms with Crippen LogP contribution in [-0.4, -0.2) is 28.1 Å². The van der Waals surface area contributed by atoms with Crippen molar-refractivity contribution in [2.24, 2.45) is 56.2 Å². The molecule has 0 amide bonds. The molecule has 0 aromatic rings. The molecule has 5 rings (SSSR count). The maximum Gasteiger partial charge on any atom is 0.309 e. The summed E-state index contributed by atoms with van der Waals surface area (Å²) < 4.78 is 0. The molecule has 35 heavy (non-hydrogen) atoms. The fourth-order valence-corrected chi connectivity index (χ4v) is 11.1. The zero-order chi connectivity index (χ0) is 26.0. The van der Waals surface area contributed by atoms with Gasteiger partial charge in [0.2, 0.25) is 0 Å². The standard InChI is InChI=1S/C31H48O4/c1-18-15-29(6)20(16-27(4,25(34)35)17-24(29)33)19-9-10-22-28(5)13-12-23(32)26(2,3)21(28)11-14-30(22,7)31(18,19)8/h9,18,20-22,24,33H,10-17H2,1-8H3,(H,34,35)/t18-,20+,21?,22?,24+,27+,28+,29-,30-,31-/m1/s1. The molecular formula is C31H48O4. The minimum Gasteiger partial charge on any atom is -0.481 e. The molecule has 0 aliphatic heterocycles. The average Bonchev–Trinajstić information content (AvgIpc) is 2.74. The van der Waals surface area contributed by atoms with E-state index in [4.69, 9.17) is 0 Å². The van der Waals surface area contributed by atoms with Crippen LogP contribution in [0.2, 0.25) is 0 Å². The first-order valence-corrected chi connectivity index (χ1v) is 14.1. The summed E-state index contributed by atoms with van der Waals surface area (Å²) >= 11 is 0. The van der Waals surface area contributed by atoms with Gasteiger partial charge in [-0.05, 0) is 91.8 Å². The third-order valence-electron chi connectivity index (χ3n) is 13.6. The number of hydrogen-bond donors (Lipinski definition) is 2. The lowest BCUT2D eigenvalue weighted by Crippen LogP contribution is -2.67. The summed E-state index contributed by atoms with van der Waals surface area (Å²) in [6, 6.07) is 0. The second-order valence-electron chi connectivity index (χ2n) is 15.3. The predicted molar refractivity (Wildman–Crippen MR) is 138 cm³/mol. The molecule has 10 atom stereocenters. The van der Waals surface area contributed by atoms with Gasteiger partial charge in [0.1, 0.15) is 5.78 Å². The smallest absolute Gasteiger partial charge is 0.309 e. The highest BCUT2D eigenvalue weighted by molar-refractivity contribution is 5.85. The molecule has 196 valence electrons. The van der Waals surface area contributed by atoms with E-state index in [1.807, 2.05) is 6.92 Å². The first-order chi connectivity index (χ1) is 16.0. The summed E-state index contributed by atoms with van der Waals surface area (Å²) in [4.78, 5) is 25.3. The number of Topliss-reactive ketones (excluding diaryl/α,β-unsaturated/α-hetero) is 1. The number of fused-ring (bicyclic) bond motifs is 7. The highest BCUT2D eigenvalue weighted by Gasteiger charge is 2.70. The van der Waals surface area contributed by atoms with Gasteiger partial charge >= 0.3 is 5.97 Å². The SMILES string of the molecule is C[C@@H]1C[C@@]2(C)[C@@H](O)C[C@@](C)(C(=O)O)C[C@H]2C2=CCC3[C@@]4(C)CCC(=O)C(C)(C)C4CC[C@@]3(C)[C@@]21C. The van der Waals surface area contributed by atoms with Gasteiger partial charge in [-0.25, -0.2) is 0 Å². The Hall–Kier alpha value is -1.16. The molecule has 5 aliphatic rings. The van der Waals surface area contributed by atoms with Gasteiger partial charge in [0.15, 0.2) is 0 Å². The summed E-state index contributed by atoms with van der Waals surface area (Å²) in [5, 5.41) is 21.5. The van der Waals surface area contributed by atoms with Crippen LogP contribution in [0.5, 0.6) is 0 Å². The maximum absolute atomic E-state index is 13.0. The number of carboxylic acid groups (broad SMARTS) is 1. The molecule has 4 nitrogen and oxygen atoms in total. The van der Waals surface area contributed by atoms with Gasteiger partial charge < -0.3 is 10.2 Å². The van der Waals surface area contributed by atoms with E-state index in [0.717, 1.165) is 32.1 Å². The largest absolute Gasteiger partial charge is 0.481 e. The van der Waals surface area contributed by atoms with Crippen molar-refractivity contribution in [2.75, 3.05) is 0 Å². The number of rotatable bonds is 1. The van der Waals surface area contributed by atoms with Crippen molar-refractivity contribution in [1.82, 2.24) is 0 Å². The molecule has 4 fully saturated rings. The topological polar surface area (TPSA) is 74.6 Å². The van der Waals surface area contributed by atoms with Gasteiger partial charge in [-0.1, -0.05) is 60.1 Å². The fourth-order valence-electron chi connectivity index (χ4n) is 11.1. The summed E-state index contributed by atoms with van der Waals surface area (Å²) in [5.41, 5.74) is 0.226. The number of aliphatic hydroxyl groups excluding tert-OH is 1. The molecule has 0 aromatic carbocycles. The van der Waals surface area contributed by atoms with Crippen LogP contribution >= 0.6 is 0 Å². The molecule has 0 bridgehead atoms. The number of ketones is 1. The van der Waals surface area contributed by atoms with Crippen molar-refractivity contribution in [1.29, 1.82) is 0 Å². The number of aliphatic carboxylic acids is 1. The Bertz CT molecular complexity index is 996. The monoisotopic (exact) mass is 484 g/mol. The number of carboxylic acids is 1. The lowest BCUT2D eigenvalue weighted by molar-refractivity contribution is -0.205. The van der Waals surface area contributed by atoms with Gasteiger partial charge in [-0.15, -0.1) is 0 Å². The number of allylic oxidation sites excluding steroid dienone is 2. The molecule has 0 saturated heterocycles. The molecule has 2 N–H and O–H groups in total. The van der Waals surface area contributed by atoms with Crippen LogP contribution in [0.25, 0.3) is 0 Å². The Morgan fingerprint density at radius 3 is 2.23 bits per heavy atom. The van der Waals surface area contributed by atoms with Crippen LogP contribution in [0, 0.1) is 56.2 Å². The molecule has 5 aliphatic carbocycles. The number of aliphatic hydroxyl groups is 1. The van der Waals surface area contributed by atoms with Crippen molar-refractivity contribution >= 4 is 11.8 Å². The first kappa shape index (κ1) is 25.5. The molecule has 2 unspecified atom stereocenters. The van der Waals surface area contributed by atoms with E-state index in [2.05, 4.69) is 54.5 Å². The number of hydrogen-bond acceptors (Lipinski definition) is 3. The van der Waals surface area contributed by atoms with E-state index >= 15 is 0 Å². The van der Waals surface area contributed by atoms with Crippen LogP contribution in [0.1, 0.15) is 107 Å². The fraction of sp³-hybridized carbons (Fsp3) is 0.871. The zero-order valence-electron chi connectivity index (χ0n) is 23.3. The summed E-state index contributed by atoms with van der Waals surface area (Å²) in [5.74, 6) is 1.10. The van der Waals surface area contributed by atoms with Gasteiger partial charge in [0.25, 0.3) is 0 Å². The van der Waals surface area contributed by atoms with Crippen LogP contribution in [-0.2, 0) is 9.59 Å². The highest BCUT2D eigenvalue weighted by atomic mass is 16.4. The van der Waals surface area contributed by atoms with Crippen molar-refractivity contribution in [3.8, 4) is 0 Å². The zero-order valence-corrected chi connectivity index (χ0v) is 23.3. The molecular weight excluding hydrogens is 436 g/mol. The molecule has 0 heterocycles. The lowest BCUT2D eigenvalue weighted by Gasteiger charge is -2.72. The van der Waals surface area contributed by atoms with E-state index in [1.165, 1.54) is 5.57 Å².